The highest BCUT2D eigenvalue weighted by atomic mass is 16.2. The Bertz CT molecular complexity index is 543. The van der Waals surface area contributed by atoms with Crippen LogP contribution in [0, 0.1) is 0 Å². The quantitative estimate of drug-likeness (QED) is 0.805. The predicted octanol–water partition coefficient (Wildman–Crippen LogP) is 1.67. The van der Waals surface area contributed by atoms with Gasteiger partial charge < -0.3 is 15.5 Å². The van der Waals surface area contributed by atoms with E-state index in [1.807, 2.05) is 32.0 Å². The number of nitrogens with zero attached hydrogens (tertiary/aromatic N) is 1. The van der Waals surface area contributed by atoms with Crippen LogP contribution in [0.4, 0.5) is 0 Å². The smallest absolute Gasteiger partial charge is 0.254 e. The summed E-state index contributed by atoms with van der Waals surface area (Å²) in [5.74, 6) is -0.158. The molecule has 0 atom stereocenters. The van der Waals surface area contributed by atoms with Crippen LogP contribution < -0.4 is 10.6 Å². The molecule has 2 N–H and O–H groups in total. The van der Waals surface area contributed by atoms with Crippen LogP contribution in [-0.2, 0) is 17.9 Å². The average molecular weight is 303 g/mol. The zero-order valence-corrected chi connectivity index (χ0v) is 13.4. The number of carbonyl (C=O) groups excluding carboxylic acids is 2. The minimum atomic E-state index is -0.0912. The maximum Gasteiger partial charge on any atom is 0.254 e. The third kappa shape index (κ3) is 4.07. The Hall–Kier alpha value is -1.88. The van der Waals surface area contributed by atoms with Crippen molar-refractivity contribution in [2.45, 2.75) is 39.8 Å². The van der Waals surface area contributed by atoms with E-state index in [2.05, 4.69) is 10.6 Å². The predicted molar refractivity (Wildman–Crippen MR) is 86.5 cm³/mol. The van der Waals surface area contributed by atoms with Gasteiger partial charge >= 0.3 is 0 Å². The van der Waals surface area contributed by atoms with Crippen molar-refractivity contribution in [3.63, 3.8) is 0 Å². The Morgan fingerprint density at radius 3 is 2.68 bits per heavy atom. The average Bonchev–Trinajstić information content (AvgIpc) is 2.99. The molecular weight excluding hydrogens is 278 g/mol. The van der Waals surface area contributed by atoms with Gasteiger partial charge in [-0.2, -0.15) is 0 Å². The maximum absolute atomic E-state index is 12.7. The summed E-state index contributed by atoms with van der Waals surface area (Å²) < 4.78 is 0. The lowest BCUT2D eigenvalue weighted by Gasteiger charge is -2.22. The molecule has 1 heterocycles. The Balaban J connectivity index is 2.07. The van der Waals surface area contributed by atoms with Gasteiger partial charge in [0.2, 0.25) is 5.91 Å². The Labute approximate surface area is 132 Å². The molecule has 5 heteroatoms. The Morgan fingerprint density at radius 1 is 1.18 bits per heavy atom. The SMILES string of the molecule is CCCNC(=O)CN(CCC)C(=O)c1ccc2c(c1)CNC2. The van der Waals surface area contributed by atoms with E-state index in [0.717, 1.165) is 25.9 Å². The summed E-state index contributed by atoms with van der Waals surface area (Å²) in [4.78, 5) is 26.2. The van der Waals surface area contributed by atoms with Crippen molar-refractivity contribution in [2.24, 2.45) is 0 Å². The van der Waals surface area contributed by atoms with Crippen molar-refractivity contribution in [3.8, 4) is 0 Å². The molecule has 1 aliphatic rings. The van der Waals surface area contributed by atoms with E-state index in [-0.39, 0.29) is 18.4 Å². The molecule has 1 aromatic carbocycles. The van der Waals surface area contributed by atoms with E-state index in [9.17, 15) is 9.59 Å². The molecule has 0 saturated heterocycles. The van der Waals surface area contributed by atoms with Crippen LogP contribution in [-0.4, -0.2) is 36.3 Å². The van der Waals surface area contributed by atoms with Gasteiger partial charge in [-0.15, -0.1) is 0 Å². The molecule has 0 saturated carbocycles. The Kier molecular flexibility index (Phi) is 5.95. The number of hydrogen-bond acceptors (Lipinski definition) is 3. The molecule has 22 heavy (non-hydrogen) atoms. The molecule has 1 aromatic rings. The fraction of sp³-hybridized carbons (Fsp3) is 0.529. The lowest BCUT2D eigenvalue weighted by molar-refractivity contribution is -0.121. The van der Waals surface area contributed by atoms with Gasteiger partial charge in [0.15, 0.2) is 0 Å². The van der Waals surface area contributed by atoms with Gasteiger partial charge in [-0.3, -0.25) is 9.59 Å². The second kappa shape index (κ2) is 7.94. The van der Waals surface area contributed by atoms with Gasteiger partial charge in [-0.25, -0.2) is 0 Å². The van der Waals surface area contributed by atoms with Crippen LogP contribution in [0.25, 0.3) is 0 Å². The highest BCUT2D eigenvalue weighted by molar-refractivity contribution is 5.96. The number of benzene rings is 1. The van der Waals surface area contributed by atoms with Crippen LogP contribution >= 0.6 is 0 Å². The largest absolute Gasteiger partial charge is 0.355 e. The Morgan fingerprint density at radius 2 is 1.95 bits per heavy atom. The van der Waals surface area contributed by atoms with Gasteiger partial charge in [0.1, 0.15) is 0 Å². The molecule has 0 fully saturated rings. The topological polar surface area (TPSA) is 61.4 Å². The van der Waals surface area contributed by atoms with Crippen molar-refractivity contribution in [1.82, 2.24) is 15.5 Å². The molecular formula is C17H25N3O2. The van der Waals surface area contributed by atoms with Gasteiger partial charge in [-0.05, 0) is 36.1 Å². The van der Waals surface area contributed by atoms with Crippen LogP contribution in [0.5, 0.6) is 0 Å². The van der Waals surface area contributed by atoms with E-state index in [1.54, 1.807) is 4.90 Å². The molecule has 0 radical (unpaired) electrons. The number of rotatable bonds is 7. The number of amides is 2. The number of fused-ring (bicyclic) bond motifs is 1. The molecule has 0 unspecified atom stereocenters. The molecule has 5 nitrogen and oxygen atoms in total. The van der Waals surface area contributed by atoms with Gasteiger partial charge in [0.25, 0.3) is 5.91 Å². The fourth-order valence-corrected chi connectivity index (χ4v) is 2.63. The van der Waals surface area contributed by atoms with Crippen molar-refractivity contribution >= 4 is 11.8 Å². The second-order valence-electron chi connectivity index (χ2n) is 5.66. The fourth-order valence-electron chi connectivity index (χ4n) is 2.63. The minimum Gasteiger partial charge on any atom is -0.355 e. The normalized spacial score (nSPS) is 12.8. The second-order valence-corrected chi connectivity index (χ2v) is 5.66. The van der Waals surface area contributed by atoms with Crippen LogP contribution in [0.2, 0.25) is 0 Å². The standard InChI is InChI=1S/C17H25N3O2/c1-3-7-19-16(21)12-20(8-4-2)17(22)13-5-6-14-10-18-11-15(14)9-13/h5-6,9,18H,3-4,7-8,10-12H2,1-2H3,(H,19,21). The first-order valence-corrected chi connectivity index (χ1v) is 8.04. The van der Waals surface area contributed by atoms with Crippen molar-refractivity contribution in [1.29, 1.82) is 0 Å². The van der Waals surface area contributed by atoms with E-state index in [1.165, 1.54) is 11.1 Å². The highest BCUT2D eigenvalue weighted by Crippen LogP contribution is 2.18. The minimum absolute atomic E-state index is 0.0665. The van der Waals surface area contributed by atoms with Crippen LogP contribution in [0.1, 0.15) is 48.2 Å². The van der Waals surface area contributed by atoms with E-state index >= 15 is 0 Å². The molecule has 0 spiro atoms. The first-order valence-electron chi connectivity index (χ1n) is 8.04. The zero-order valence-electron chi connectivity index (χ0n) is 13.4. The van der Waals surface area contributed by atoms with E-state index in [4.69, 9.17) is 0 Å². The third-order valence-electron chi connectivity index (χ3n) is 3.77. The zero-order chi connectivity index (χ0) is 15.9. The first-order chi connectivity index (χ1) is 10.7. The summed E-state index contributed by atoms with van der Waals surface area (Å²) in [7, 11) is 0. The van der Waals surface area contributed by atoms with Crippen molar-refractivity contribution < 1.29 is 9.59 Å². The van der Waals surface area contributed by atoms with Crippen molar-refractivity contribution in [2.75, 3.05) is 19.6 Å². The molecule has 0 aliphatic carbocycles. The van der Waals surface area contributed by atoms with E-state index < -0.39 is 0 Å². The maximum atomic E-state index is 12.7. The van der Waals surface area contributed by atoms with Crippen molar-refractivity contribution in [3.05, 3.63) is 34.9 Å². The molecule has 0 aromatic heterocycles. The van der Waals surface area contributed by atoms with Gasteiger partial charge in [-0.1, -0.05) is 19.9 Å². The summed E-state index contributed by atoms with van der Waals surface area (Å²) in [6.45, 7) is 7.06. The van der Waals surface area contributed by atoms with Gasteiger partial charge in [0.05, 0.1) is 6.54 Å². The van der Waals surface area contributed by atoms with Crippen LogP contribution in [0.3, 0.4) is 0 Å². The first kappa shape index (κ1) is 16.5. The molecule has 2 rings (SSSR count). The molecule has 120 valence electrons. The monoisotopic (exact) mass is 303 g/mol. The summed E-state index contributed by atoms with van der Waals surface area (Å²) in [5, 5.41) is 6.10. The summed E-state index contributed by atoms with van der Waals surface area (Å²) in [6, 6.07) is 5.81. The molecule has 1 aliphatic heterocycles. The number of carbonyl (C=O) groups is 2. The summed E-state index contributed by atoms with van der Waals surface area (Å²) >= 11 is 0. The third-order valence-corrected chi connectivity index (χ3v) is 3.77. The molecule has 2 amide bonds. The number of nitrogens with one attached hydrogen (secondary N) is 2. The lowest BCUT2D eigenvalue weighted by Crippen LogP contribution is -2.41. The van der Waals surface area contributed by atoms with Crippen LogP contribution in [0.15, 0.2) is 18.2 Å². The summed E-state index contributed by atoms with van der Waals surface area (Å²) in [6.07, 6.45) is 1.73. The van der Waals surface area contributed by atoms with E-state index in [0.29, 0.717) is 18.7 Å². The van der Waals surface area contributed by atoms with Gasteiger partial charge in [0, 0.05) is 31.7 Å². The molecule has 0 bridgehead atoms. The summed E-state index contributed by atoms with van der Waals surface area (Å²) in [5.41, 5.74) is 3.09. The number of hydrogen-bond donors (Lipinski definition) is 2. The lowest BCUT2D eigenvalue weighted by atomic mass is 10.1. The highest BCUT2D eigenvalue weighted by Gasteiger charge is 2.20.